The van der Waals surface area contributed by atoms with Crippen molar-refractivity contribution in [1.29, 1.82) is 0 Å². The Bertz CT molecular complexity index is 1180. The standard InChI is InChI=1S/C36H51NO8Si/c1-31(38)37-32-15-17-33(18-16-32)44-29-27-42-25-23-40-21-19-39-20-22-41-24-26-43-28-30-45-46(36(2,3)4,34-11-7-5-8-12-34)35-13-9-6-10-14-35/h5-18H,19-30H2,1-4H3,(H,37,38). The monoisotopic (exact) mass is 653 g/mol. The summed E-state index contributed by atoms with van der Waals surface area (Å²) in [7, 11) is -2.54. The molecule has 0 bridgehead atoms. The van der Waals surface area contributed by atoms with Crippen molar-refractivity contribution in [3.05, 3.63) is 84.9 Å². The number of ether oxygens (including phenoxy) is 6. The lowest BCUT2D eigenvalue weighted by Gasteiger charge is -2.43. The Morgan fingerprint density at radius 1 is 0.565 bits per heavy atom. The third-order valence-corrected chi connectivity index (χ3v) is 12.2. The molecule has 0 aliphatic carbocycles. The quantitative estimate of drug-likeness (QED) is 0.117. The average molecular weight is 654 g/mol. The average Bonchev–Trinajstić information content (AvgIpc) is 3.04. The van der Waals surface area contributed by atoms with Crippen LogP contribution in [0.3, 0.4) is 0 Å². The maximum absolute atomic E-state index is 11.1. The van der Waals surface area contributed by atoms with Crippen LogP contribution in [0.15, 0.2) is 84.9 Å². The van der Waals surface area contributed by atoms with Gasteiger partial charge in [0.2, 0.25) is 5.91 Å². The number of carbonyl (C=O) groups is 1. The molecule has 0 aromatic heterocycles. The maximum Gasteiger partial charge on any atom is 0.261 e. The van der Waals surface area contributed by atoms with Crippen LogP contribution in [0.2, 0.25) is 5.04 Å². The van der Waals surface area contributed by atoms with Gasteiger partial charge in [-0.1, -0.05) is 81.4 Å². The zero-order chi connectivity index (χ0) is 32.9. The molecule has 0 atom stereocenters. The van der Waals surface area contributed by atoms with E-state index in [1.54, 1.807) is 12.1 Å². The lowest BCUT2D eigenvalue weighted by molar-refractivity contribution is -0.114. The third kappa shape index (κ3) is 13.0. The molecular weight excluding hydrogens is 602 g/mol. The number of amides is 1. The molecule has 0 saturated heterocycles. The van der Waals surface area contributed by atoms with E-state index in [2.05, 4.69) is 86.8 Å². The number of rotatable bonds is 23. The van der Waals surface area contributed by atoms with E-state index in [4.69, 9.17) is 32.8 Å². The summed E-state index contributed by atoms with van der Waals surface area (Å²) in [4.78, 5) is 11.1. The zero-order valence-electron chi connectivity index (χ0n) is 27.8. The molecule has 0 radical (unpaired) electrons. The van der Waals surface area contributed by atoms with Gasteiger partial charge in [-0.25, -0.2) is 0 Å². The van der Waals surface area contributed by atoms with Gasteiger partial charge in [0.15, 0.2) is 0 Å². The van der Waals surface area contributed by atoms with Gasteiger partial charge < -0.3 is 38.2 Å². The normalized spacial score (nSPS) is 11.8. The van der Waals surface area contributed by atoms with Crippen molar-refractivity contribution in [2.75, 3.05) is 84.6 Å². The Balaban J connectivity index is 1.16. The first-order valence-corrected chi connectivity index (χ1v) is 17.9. The van der Waals surface area contributed by atoms with Crippen molar-refractivity contribution < 1.29 is 37.6 Å². The van der Waals surface area contributed by atoms with Gasteiger partial charge in [-0.3, -0.25) is 4.79 Å². The molecule has 3 aromatic carbocycles. The minimum absolute atomic E-state index is 0.0561. The molecule has 252 valence electrons. The van der Waals surface area contributed by atoms with E-state index in [1.165, 1.54) is 17.3 Å². The molecule has 0 spiro atoms. The van der Waals surface area contributed by atoms with Crippen LogP contribution < -0.4 is 20.4 Å². The predicted molar refractivity (Wildman–Crippen MR) is 184 cm³/mol. The van der Waals surface area contributed by atoms with Crippen LogP contribution in [0.1, 0.15) is 27.7 Å². The number of benzene rings is 3. The van der Waals surface area contributed by atoms with E-state index < -0.39 is 8.32 Å². The molecule has 46 heavy (non-hydrogen) atoms. The topological polar surface area (TPSA) is 93.7 Å². The Kier molecular flexibility index (Phi) is 17.0. The molecule has 0 fully saturated rings. The summed E-state index contributed by atoms with van der Waals surface area (Å²) in [6, 6.07) is 28.5. The van der Waals surface area contributed by atoms with Crippen molar-refractivity contribution >= 4 is 30.3 Å². The minimum Gasteiger partial charge on any atom is -0.491 e. The third-order valence-electron chi connectivity index (χ3n) is 7.12. The summed E-state index contributed by atoms with van der Waals surface area (Å²) in [5.41, 5.74) is 0.736. The van der Waals surface area contributed by atoms with Crippen LogP contribution >= 0.6 is 0 Å². The van der Waals surface area contributed by atoms with E-state index in [9.17, 15) is 4.79 Å². The number of carbonyl (C=O) groups excluding carboxylic acids is 1. The van der Waals surface area contributed by atoms with Gasteiger partial charge in [-0.05, 0) is 39.7 Å². The highest BCUT2D eigenvalue weighted by atomic mass is 28.4. The minimum atomic E-state index is -2.54. The molecule has 3 rings (SSSR count). The highest BCUT2D eigenvalue weighted by Gasteiger charge is 2.49. The number of anilines is 1. The molecule has 10 heteroatoms. The fraction of sp³-hybridized carbons (Fsp3) is 0.472. The largest absolute Gasteiger partial charge is 0.491 e. The van der Waals surface area contributed by atoms with Gasteiger partial charge >= 0.3 is 0 Å². The van der Waals surface area contributed by atoms with Crippen LogP contribution in [0.25, 0.3) is 0 Å². The molecule has 1 N–H and O–H groups in total. The SMILES string of the molecule is CC(=O)Nc1ccc(OCCOCCOCCOCCOCCOCCO[Si](c2ccccc2)(c2ccccc2)C(C)(C)C)cc1. The second-order valence-corrected chi connectivity index (χ2v) is 15.9. The molecular formula is C36H51NO8Si. The molecule has 9 nitrogen and oxygen atoms in total. The van der Waals surface area contributed by atoms with Crippen molar-refractivity contribution in [2.24, 2.45) is 0 Å². The van der Waals surface area contributed by atoms with E-state index in [1.807, 2.05) is 12.1 Å². The molecule has 0 aliphatic rings. The van der Waals surface area contributed by atoms with E-state index in [-0.39, 0.29) is 10.9 Å². The summed E-state index contributed by atoms with van der Waals surface area (Å²) in [5, 5.41) is 5.19. The maximum atomic E-state index is 11.1. The Morgan fingerprint density at radius 2 is 0.957 bits per heavy atom. The molecule has 3 aromatic rings. The van der Waals surface area contributed by atoms with Crippen LogP contribution in [0.4, 0.5) is 5.69 Å². The molecule has 0 saturated carbocycles. The van der Waals surface area contributed by atoms with Crippen LogP contribution in [0.5, 0.6) is 5.75 Å². The van der Waals surface area contributed by atoms with Crippen LogP contribution in [-0.2, 0) is 32.9 Å². The molecule has 0 aliphatic heterocycles. The zero-order valence-corrected chi connectivity index (χ0v) is 28.8. The summed E-state index contributed by atoms with van der Waals surface area (Å²) >= 11 is 0. The van der Waals surface area contributed by atoms with Crippen LogP contribution in [-0.4, -0.2) is 93.5 Å². The van der Waals surface area contributed by atoms with E-state index in [0.717, 1.165) is 11.4 Å². The molecule has 0 unspecified atom stereocenters. The van der Waals surface area contributed by atoms with Crippen LogP contribution in [0, 0.1) is 0 Å². The Labute approximate surface area is 275 Å². The summed E-state index contributed by atoms with van der Waals surface area (Å²) in [5.74, 6) is 0.617. The van der Waals surface area contributed by atoms with Gasteiger partial charge in [0.1, 0.15) is 12.4 Å². The van der Waals surface area contributed by atoms with Gasteiger partial charge in [0.05, 0.1) is 72.7 Å². The summed E-state index contributed by atoms with van der Waals surface area (Å²) in [6.07, 6.45) is 0. The second-order valence-electron chi connectivity index (χ2n) is 11.6. The number of hydrogen-bond acceptors (Lipinski definition) is 8. The van der Waals surface area contributed by atoms with Crippen molar-refractivity contribution in [3.8, 4) is 5.75 Å². The van der Waals surface area contributed by atoms with E-state index >= 15 is 0 Å². The highest BCUT2D eigenvalue weighted by molar-refractivity contribution is 6.99. The lowest BCUT2D eigenvalue weighted by Crippen LogP contribution is -2.66. The number of hydrogen-bond donors (Lipinski definition) is 1. The number of nitrogens with one attached hydrogen (secondary N) is 1. The first kappa shape index (κ1) is 37.4. The van der Waals surface area contributed by atoms with Crippen molar-refractivity contribution in [3.63, 3.8) is 0 Å². The first-order chi connectivity index (χ1) is 22.3. The molecule has 0 heterocycles. The fourth-order valence-electron chi connectivity index (χ4n) is 5.05. The fourth-order valence-corrected chi connectivity index (χ4v) is 9.60. The van der Waals surface area contributed by atoms with Gasteiger partial charge in [0.25, 0.3) is 8.32 Å². The predicted octanol–water partition coefficient (Wildman–Crippen LogP) is 4.68. The summed E-state index contributed by atoms with van der Waals surface area (Å²) < 4.78 is 40.6. The van der Waals surface area contributed by atoms with E-state index in [0.29, 0.717) is 79.3 Å². The van der Waals surface area contributed by atoms with Gasteiger partial charge in [-0.15, -0.1) is 0 Å². The summed E-state index contributed by atoms with van der Waals surface area (Å²) in [6.45, 7) is 14.2. The Morgan fingerprint density at radius 3 is 1.35 bits per heavy atom. The smallest absolute Gasteiger partial charge is 0.261 e. The Hall–Kier alpha value is -3.09. The van der Waals surface area contributed by atoms with Crippen molar-refractivity contribution in [1.82, 2.24) is 0 Å². The van der Waals surface area contributed by atoms with Crippen molar-refractivity contribution in [2.45, 2.75) is 32.7 Å². The molecule has 1 amide bonds. The second kappa shape index (κ2) is 20.9. The van der Waals surface area contributed by atoms with Gasteiger partial charge in [-0.2, -0.15) is 0 Å². The lowest BCUT2D eigenvalue weighted by atomic mass is 10.2. The van der Waals surface area contributed by atoms with Gasteiger partial charge in [0, 0.05) is 12.6 Å². The first-order valence-electron chi connectivity index (χ1n) is 16.0. The highest BCUT2D eigenvalue weighted by Crippen LogP contribution is 2.36.